The third kappa shape index (κ3) is 4.00. The van der Waals surface area contributed by atoms with Crippen molar-refractivity contribution in [2.24, 2.45) is 5.92 Å². The lowest BCUT2D eigenvalue weighted by Crippen LogP contribution is -2.15. The van der Waals surface area contributed by atoms with Crippen molar-refractivity contribution in [2.75, 3.05) is 13.2 Å². The summed E-state index contributed by atoms with van der Waals surface area (Å²) in [6.07, 6.45) is 6.50. The molecule has 0 radical (unpaired) electrons. The molecule has 2 heterocycles. The van der Waals surface area contributed by atoms with E-state index in [0.717, 1.165) is 24.2 Å². The van der Waals surface area contributed by atoms with Gasteiger partial charge in [-0.2, -0.15) is 0 Å². The Hall–Kier alpha value is -2.50. The number of nitrogens with zero attached hydrogens (tertiary/aromatic N) is 1. The van der Waals surface area contributed by atoms with Gasteiger partial charge < -0.3 is 18.7 Å². The van der Waals surface area contributed by atoms with Gasteiger partial charge in [0.05, 0.1) is 0 Å². The smallest absolute Gasteiger partial charge is 0.306 e. The van der Waals surface area contributed by atoms with Crippen LogP contribution in [0, 0.1) is 5.92 Å². The molecule has 0 unspecified atom stereocenters. The number of ether oxygens (including phenoxy) is 3. The van der Waals surface area contributed by atoms with Crippen LogP contribution in [0.3, 0.4) is 0 Å². The molecule has 6 nitrogen and oxygen atoms in total. The molecule has 1 aromatic heterocycles. The van der Waals surface area contributed by atoms with E-state index in [1.54, 1.807) is 6.07 Å². The predicted molar refractivity (Wildman–Crippen MR) is 93.9 cm³/mol. The van der Waals surface area contributed by atoms with Crippen LogP contribution in [0.5, 0.6) is 11.5 Å². The third-order valence-electron chi connectivity index (χ3n) is 4.95. The van der Waals surface area contributed by atoms with Crippen molar-refractivity contribution in [3.05, 3.63) is 30.0 Å². The quantitative estimate of drug-likeness (QED) is 0.750. The number of rotatable bonds is 5. The summed E-state index contributed by atoms with van der Waals surface area (Å²) in [7, 11) is 0. The van der Waals surface area contributed by atoms with Gasteiger partial charge in [-0.25, -0.2) is 0 Å². The first-order valence-corrected chi connectivity index (χ1v) is 9.29. The van der Waals surface area contributed by atoms with E-state index in [9.17, 15) is 4.79 Å². The fourth-order valence-corrected chi connectivity index (χ4v) is 3.55. The summed E-state index contributed by atoms with van der Waals surface area (Å²) in [5.41, 5.74) is 1.45. The average Bonchev–Trinajstić information content (AvgIpc) is 3.16. The van der Waals surface area contributed by atoms with Crippen LogP contribution in [0.2, 0.25) is 0 Å². The van der Waals surface area contributed by atoms with Crippen molar-refractivity contribution in [1.82, 2.24) is 5.16 Å². The molecule has 26 heavy (non-hydrogen) atoms. The molecule has 1 saturated carbocycles. The summed E-state index contributed by atoms with van der Waals surface area (Å²) in [6.45, 7) is 1.24. The molecule has 4 rings (SSSR count). The molecule has 0 spiro atoms. The molecule has 0 atom stereocenters. The Morgan fingerprint density at radius 3 is 2.73 bits per heavy atom. The molecule has 2 aromatic rings. The van der Waals surface area contributed by atoms with Crippen LogP contribution < -0.4 is 9.47 Å². The standard InChI is InChI=1S/C20H23NO5/c22-20(10-14-4-2-1-3-5-14)25-13-16-12-18(26-21-16)15-6-7-17-19(11-15)24-9-8-23-17/h6-7,11-12,14H,1-5,8-10,13H2. The zero-order valence-electron chi connectivity index (χ0n) is 14.7. The number of carbonyl (C=O) groups is 1. The van der Waals surface area contributed by atoms with Gasteiger partial charge in [0.2, 0.25) is 0 Å². The van der Waals surface area contributed by atoms with Crippen molar-refractivity contribution >= 4 is 5.97 Å². The van der Waals surface area contributed by atoms with Gasteiger partial charge in [0.25, 0.3) is 0 Å². The van der Waals surface area contributed by atoms with Gasteiger partial charge in [0.1, 0.15) is 25.5 Å². The highest BCUT2D eigenvalue weighted by molar-refractivity contribution is 5.69. The highest BCUT2D eigenvalue weighted by atomic mass is 16.6. The Morgan fingerprint density at radius 2 is 1.88 bits per heavy atom. The molecule has 1 fully saturated rings. The van der Waals surface area contributed by atoms with Crippen LogP contribution in [0.15, 0.2) is 28.8 Å². The van der Waals surface area contributed by atoms with E-state index in [2.05, 4.69) is 5.16 Å². The lowest BCUT2D eigenvalue weighted by Gasteiger charge is -2.20. The van der Waals surface area contributed by atoms with E-state index >= 15 is 0 Å². The first-order chi connectivity index (χ1) is 12.8. The van der Waals surface area contributed by atoms with Gasteiger partial charge in [0, 0.05) is 18.1 Å². The maximum absolute atomic E-state index is 12.0. The van der Waals surface area contributed by atoms with Gasteiger partial charge in [-0.15, -0.1) is 0 Å². The Kier molecular flexibility index (Phi) is 5.09. The normalized spacial score (nSPS) is 17.1. The summed E-state index contributed by atoms with van der Waals surface area (Å²) in [5, 5.41) is 4.00. The van der Waals surface area contributed by atoms with Crippen LogP contribution in [0.4, 0.5) is 0 Å². The fraction of sp³-hybridized carbons (Fsp3) is 0.500. The van der Waals surface area contributed by atoms with Crippen molar-refractivity contribution in [1.29, 1.82) is 0 Å². The number of benzene rings is 1. The first-order valence-electron chi connectivity index (χ1n) is 9.29. The lowest BCUT2D eigenvalue weighted by atomic mass is 9.87. The molecule has 1 aliphatic heterocycles. The first kappa shape index (κ1) is 16.9. The fourth-order valence-electron chi connectivity index (χ4n) is 3.55. The van der Waals surface area contributed by atoms with Crippen LogP contribution in [0.25, 0.3) is 11.3 Å². The van der Waals surface area contributed by atoms with E-state index < -0.39 is 0 Å². The molecule has 0 bridgehead atoms. The molecule has 2 aliphatic rings. The second kappa shape index (κ2) is 7.81. The van der Waals surface area contributed by atoms with Crippen molar-refractivity contribution in [3.63, 3.8) is 0 Å². The number of aromatic nitrogens is 1. The van der Waals surface area contributed by atoms with Crippen molar-refractivity contribution in [2.45, 2.75) is 45.1 Å². The van der Waals surface area contributed by atoms with Crippen molar-refractivity contribution in [3.8, 4) is 22.8 Å². The molecular formula is C20H23NO5. The monoisotopic (exact) mass is 357 g/mol. The number of hydrogen-bond acceptors (Lipinski definition) is 6. The second-order valence-electron chi connectivity index (χ2n) is 6.91. The maximum atomic E-state index is 12.0. The minimum Gasteiger partial charge on any atom is -0.486 e. The molecule has 1 aliphatic carbocycles. The van der Waals surface area contributed by atoms with Crippen LogP contribution in [-0.4, -0.2) is 24.3 Å². The summed E-state index contributed by atoms with van der Waals surface area (Å²) < 4.78 is 21.9. The Labute approximate surface area is 152 Å². The summed E-state index contributed by atoms with van der Waals surface area (Å²) >= 11 is 0. The molecule has 6 heteroatoms. The maximum Gasteiger partial charge on any atom is 0.306 e. The zero-order valence-corrected chi connectivity index (χ0v) is 14.7. The number of carbonyl (C=O) groups excluding carboxylic acids is 1. The number of hydrogen-bond donors (Lipinski definition) is 0. The minimum atomic E-state index is -0.152. The lowest BCUT2D eigenvalue weighted by molar-refractivity contribution is -0.146. The Morgan fingerprint density at radius 1 is 1.08 bits per heavy atom. The van der Waals surface area contributed by atoms with E-state index in [1.165, 1.54) is 19.3 Å². The summed E-state index contributed by atoms with van der Waals surface area (Å²) in [5.74, 6) is 2.37. The Balaban J connectivity index is 1.33. The van der Waals surface area contributed by atoms with Gasteiger partial charge in [0.15, 0.2) is 17.3 Å². The predicted octanol–water partition coefficient (Wildman–Crippen LogP) is 4.13. The number of fused-ring (bicyclic) bond motifs is 1. The third-order valence-corrected chi connectivity index (χ3v) is 4.95. The van der Waals surface area contributed by atoms with E-state index in [0.29, 0.717) is 42.8 Å². The highest BCUT2D eigenvalue weighted by Crippen LogP contribution is 2.34. The molecular weight excluding hydrogens is 334 g/mol. The molecule has 0 saturated heterocycles. The van der Waals surface area contributed by atoms with E-state index in [-0.39, 0.29) is 12.6 Å². The van der Waals surface area contributed by atoms with Gasteiger partial charge in [-0.3, -0.25) is 4.79 Å². The number of esters is 1. The average molecular weight is 357 g/mol. The molecule has 138 valence electrons. The van der Waals surface area contributed by atoms with Gasteiger partial charge in [-0.05, 0) is 37.0 Å². The topological polar surface area (TPSA) is 70.8 Å². The molecule has 0 amide bonds. The summed E-state index contributed by atoms with van der Waals surface area (Å²) in [6, 6.07) is 7.41. The summed E-state index contributed by atoms with van der Waals surface area (Å²) in [4.78, 5) is 12.0. The SMILES string of the molecule is O=C(CC1CCCCC1)OCc1cc(-c2ccc3c(c2)OCCO3)on1. The zero-order chi connectivity index (χ0) is 17.8. The van der Waals surface area contributed by atoms with Crippen LogP contribution >= 0.6 is 0 Å². The van der Waals surface area contributed by atoms with E-state index in [4.69, 9.17) is 18.7 Å². The highest BCUT2D eigenvalue weighted by Gasteiger charge is 2.19. The Bertz CT molecular complexity index is 763. The minimum absolute atomic E-state index is 0.138. The molecule has 1 aromatic carbocycles. The van der Waals surface area contributed by atoms with E-state index in [1.807, 2.05) is 18.2 Å². The van der Waals surface area contributed by atoms with Gasteiger partial charge in [-0.1, -0.05) is 24.4 Å². The van der Waals surface area contributed by atoms with Gasteiger partial charge >= 0.3 is 5.97 Å². The van der Waals surface area contributed by atoms with Crippen LogP contribution in [-0.2, 0) is 16.1 Å². The van der Waals surface area contributed by atoms with Crippen LogP contribution in [0.1, 0.15) is 44.2 Å². The van der Waals surface area contributed by atoms with Crippen molar-refractivity contribution < 1.29 is 23.5 Å². The second-order valence-corrected chi connectivity index (χ2v) is 6.91. The molecule has 0 N–H and O–H groups in total. The largest absolute Gasteiger partial charge is 0.486 e.